The number of nitrogens with one attached hydrogen (secondary N) is 12. The summed E-state index contributed by atoms with van der Waals surface area (Å²) in [6.45, 7) is 15.9. The first kappa shape index (κ1) is 80.9. The topological polar surface area (TPSA) is 554 Å². The molecular formula is C55H96N14O20. The first-order valence-corrected chi connectivity index (χ1v) is 29.3. The fourth-order valence-electron chi connectivity index (χ4n) is 8.22. The summed E-state index contributed by atoms with van der Waals surface area (Å²) in [5, 5.41) is 77.1. The number of aliphatic hydroxyl groups is 2. The summed E-state index contributed by atoms with van der Waals surface area (Å²) in [7, 11) is 0. The van der Waals surface area contributed by atoms with E-state index in [9.17, 15) is 97.5 Å². The highest BCUT2D eigenvalue weighted by Gasteiger charge is 2.38. The number of carbonyl (C=O) groups is 15. The third-order valence-corrected chi connectivity index (χ3v) is 13.4. The standard InChI is InChI=1S/C55H96N14O20/c1-24(2)19-33(63-53(86)41(26(5)6)66-45(78)29(11)57)48(81)60-31(15-13-14-18-56)46(79)67-40(25(3)4)51(84)59-21-36(72)58-22-37(73)65-44(30(12)71)54(87)64-35(23-70)50(83)62-34(20-39(76)77)49(82)68-42(27(7)8)52(85)61-32(16-17-38(74)75)47(80)69-43(28(9)10)55(88)89/h24-35,40-44,70-71H,13-23,56-57H2,1-12H3,(H,58,72)(H,59,84)(H,60,81)(H,61,85)(H,62,83)(H,63,86)(H,64,87)(H,65,73)(H,66,78)(H,67,79)(H,68,82)(H,69,80)(H,74,75)(H,76,77)(H,88,89)/t29-,30+,31-,32-,33-,34-,35-,40-,41-,42-,43-,44-/m0/s1. The van der Waals surface area contributed by atoms with Crippen LogP contribution in [0.5, 0.6) is 0 Å². The Kier molecular flexibility index (Phi) is 36.7. The van der Waals surface area contributed by atoms with Gasteiger partial charge >= 0.3 is 17.9 Å². The lowest BCUT2D eigenvalue weighted by Gasteiger charge is -2.29. The lowest BCUT2D eigenvalue weighted by atomic mass is 9.98. The molecule has 34 nitrogen and oxygen atoms in total. The van der Waals surface area contributed by atoms with Crippen LogP contribution in [0, 0.1) is 29.6 Å². The first-order chi connectivity index (χ1) is 41.3. The van der Waals surface area contributed by atoms with E-state index in [2.05, 4.69) is 53.2 Å². The van der Waals surface area contributed by atoms with Gasteiger partial charge in [0.15, 0.2) is 0 Å². The van der Waals surface area contributed by atoms with Crippen molar-refractivity contribution in [3.8, 4) is 0 Å². The van der Waals surface area contributed by atoms with Crippen LogP contribution in [0.3, 0.4) is 0 Å². The van der Waals surface area contributed by atoms with Crippen molar-refractivity contribution in [3.63, 3.8) is 0 Å². The summed E-state index contributed by atoms with van der Waals surface area (Å²) in [6, 6.07) is -16.3. The molecule has 0 heterocycles. The SMILES string of the molecule is CC(C)C[C@H](NC(=O)[C@@H](NC(=O)[C@H](C)N)C(C)C)C(=O)N[C@@H](CCCCN)C(=O)N[C@H](C(=O)NCC(=O)NCC(=O)N[C@H](C(=O)N[C@@H](CO)C(=O)N[C@@H](CC(=O)O)C(=O)N[C@H](C(=O)N[C@@H](CCC(=O)O)C(=O)N[C@H](C(=O)O)C(C)C)C(C)C)[C@@H](C)O)C(C)C. The molecular weight excluding hydrogens is 1180 g/mol. The second-order valence-corrected chi connectivity index (χ2v) is 23.3. The lowest BCUT2D eigenvalue weighted by molar-refractivity contribution is -0.144. The van der Waals surface area contributed by atoms with Gasteiger partial charge in [-0.2, -0.15) is 0 Å². The molecule has 0 radical (unpaired) electrons. The maximum absolute atomic E-state index is 13.9. The molecule has 0 rings (SSSR count). The molecule has 0 spiro atoms. The van der Waals surface area contributed by atoms with E-state index in [1.807, 2.05) is 24.5 Å². The van der Waals surface area contributed by atoms with Gasteiger partial charge in [0, 0.05) is 6.42 Å². The highest BCUT2D eigenvalue weighted by molar-refractivity contribution is 6.00. The summed E-state index contributed by atoms with van der Waals surface area (Å²) in [5.74, 6) is -18.9. The number of carboxylic acids is 3. The summed E-state index contributed by atoms with van der Waals surface area (Å²) < 4.78 is 0. The molecule has 0 aromatic heterocycles. The monoisotopic (exact) mass is 1270 g/mol. The van der Waals surface area contributed by atoms with Crippen molar-refractivity contribution in [1.82, 2.24) is 63.8 Å². The summed E-state index contributed by atoms with van der Waals surface area (Å²) in [4.78, 5) is 195. The minimum atomic E-state index is -2.03. The minimum absolute atomic E-state index is 0.0657. The molecule has 0 unspecified atom stereocenters. The Morgan fingerprint density at radius 1 is 0.393 bits per heavy atom. The second-order valence-electron chi connectivity index (χ2n) is 23.3. The van der Waals surface area contributed by atoms with Gasteiger partial charge in [-0.15, -0.1) is 0 Å². The van der Waals surface area contributed by atoms with Crippen LogP contribution in [-0.2, 0) is 71.9 Å². The molecule has 0 aromatic carbocycles. The Hall–Kier alpha value is -8.11. The van der Waals surface area contributed by atoms with Crippen LogP contribution in [0.25, 0.3) is 0 Å². The van der Waals surface area contributed by atoms with E-state index in [1.54, 1.807) is 27.7 Å². The van der Waals surface area contributed by atoms with Crippen molar-refractivity contribution in [2.24, 2.45) is 41.1 Å². The van der Waals surface area contributed by atoms with Crippen LogP contribution < -0.4 is 75.3 Å². The van der Waals surface area contributed by atoms with Crippen molar-refractivity contribution < 1.29 is 97.5 Å². The van der Waals surface area contributed by atoms with E-state index in [-0.39, 0.29) is 25.3 Å². The van der Waals surface area contributed by atoms with E-state index in [0.29, 0.717) is 12.8 Å². The van der Waals surface area contributed by atoms with E-state index >= 15 is 0 Å². The molecule has 0 aliphatic carbocycles. The molecule has 0 aromatic rings. The van der Waals surface area contributed by atoms with Gasteiger partial charge in [-0.1, -0.05) is 69.2 Å². The number of nitrogens with two attached hydrogens (primary N) is 2. The molecule has 506 valence electrons. The molecule has 34 heteroatoms. The minimum Gasteiger partial charge on any atom is -0.481 e. The highest BCUT2D eigenvalue weighted by atomic mass is 16.4. The van der Waals surface area contributed by atoms with E-state index in [4.69, 9.17) is 11.5 Å². The third-order valence-electron chi connectivity index (χ3n) is 13.4. The van der Waals surface area contributed by atoms with Gasteiger partial charge in [-0.05, 0) is 82.1 Å². The average Bonchev–Trinajstić information content (AvgIpc) is 3.64. The number of rotatable bonds is 42. The Bertz CT molecular complexity index is 2460. The molecule has 12 amide bonds. The van der Waals surface area contributed by atoms with Crippen LogP contribution in [-0.4, -0.2) is 213 Å². The van der Waals surface area contributed by atoms with E-state index in [1.165, 1.54) is 34.6 Å². The number of hydrogen-bond acceptors (Lipinski definition) is 19. The zero-order valence-electron chi connectivity index (χ0n) is 52.6. The zero-order valence-corrected chi connectivity index (χ0v) is 52.6. The highest BCUT2D eigenvalue weighted by Crippen LogP contribution is 2.13. The quantitative estimate of drug-likeness (QED) is 0.0253. The van der Waals surface area contributed by atoms with Crippen LogP contribution in [0.15, 0.2) is 0 Å². The largest absolute Gasteiger partial charge is 0.481 e. The van der Waals surface area contributed by atoms with Crippen LogP contribution >= 0.6 is 0 Å². The molecule has 12 atom stereocenters. The Morgan fingerprint density at radius 2 is 0.787 bits per heavy atom. The van der Waals surface area contributed by atoms with Crippen molar-refractivity contribution in [3.05, 3.63) is 0 Å². The number of aliphatic hydroxyl groups excluding tert-OH is 2. The molecule has 0 saturated heterocycles. The van der Waals surface area contributed by atoms with E-state index in [0.717, 1.165) is 6.92 Å². The Morgan fingerprint density at radius 3 is 1.22 bits per heavy atom. The number of unbranched alkanes of at least 4 members (excludes halogenated alkanes) is 1. The van der Waals surface area contributed by atoms with Crippen molar-refractivity contribution in [2.45, 2.75) is 201 Å². The molecule has 0 aliphatic rings. The summed E-state index contributed by atoms with van der Waals surface area (Å²) >= 11 is 0. The van der Waals surface area contributed by atoms with Gasteiger partial charge in [-0.3, -0.25) is 67.1 Å². The lowest BCUT2D eigenvalue weighted by Crippen LogP contribution is -2.62. The molecule has 89 heavy (non-hydrogen) atoms. The smallest absolute Gasteiger partial charge is 0.326 e. The van der Waals surface area contributed by atoms with Gasteiger partial charge in [0.2, 0.25) is 70.9 Å². The molecule has 0 bridgehead atoms. The average molecular weight is 1270 g/mol. The van der Waals surface area contributed by atoms with Gasteiger partial charge in [0.1, 0.15) is 60.4 Å². The number of aliphatic carboxylic acids is 3. The summed E-state index contributed by atoms with van der Waals surface area (Å²) in [5.41, 5.74) is 11.4. The number of carbonyl (C=O) groups excluding carboxylic acids is 12. The molecule has 0 aliphatic heterocycles. The first-order valence-electron chi connectivity index (χ1n) is 29.3. The predicted octanol–water partition coefficient (Wildman–Crippen LogP) is -5.99. The molecule has 21 N–H and O–H groups in total. The van der Waals surface area contributed by atoms with Crippen LogP contribution in [0.1, 0.15) is 128 Å². The van der Waals surface area contributed by atoms with Crippen LogP contribution in [0.2, 0.25) is 0 Å². The predicted molar refractivity (Wildman–Crippen MR) is 316 cm³/mol. The number of hydrogen-bond donors (Lipinski definition) is 19. The van der Waals surface area contributed by atoms with Crippen molar-refractivity contribution in [2.75, 3.05) is 26.2 Å². The molecule has 0 saturated carbocycles. The van der Waals surface area contributed by atoms with Gasteiger partial charge in [-0.25, -0.2) is 4.79 Å². The van der Waals surface area contributed by atoms with Crippen molar-refractivity contribution >= 4 is 88.8 Å². The maximum atomic E-state index is 13.9. The normalized spacial score (nSPS) is 15.3. The Labute approximate surface area is 516 Å². The fourth-order valence-corrected chi connectivity index (χ4v) is 8.22. The van der Waals surface area contributed by atoms with E-state index < -0.39 is 224 Å². The van der Waals surface area contributed by atoms with Gasteiger partial charge in [0.25, 0.3) is 0 Å². The van der Waals surface area contributed by atoms with Gasteiger partial charge in [0.05, 0.1) is 38.3 Å². The number of carboxylic acid groups (broad SMARTS) is 3. The van der Waals surface area contributed by atoms with Crippen molar-refractivity contribution in [1.29, 1.82) is 0 Å². The van der Waals surface area contributed by atoms with Crippen LogP contribution in [0.4, 0.5) is 0 Å². The van der Waals surface area contributed by atoms with Gasteiger partial charge < -0.3 is 101 Å². The number of amides is 12. The molecule has 0 fully saturated rings. The second kappa shape index (κ2) is 40.4. The maximum Gasteiger partial charge on any atom is 0.326 e. The zero-order chi connectivity index (χ0) is 68.7. The summed E-state index contributed by atoms with van der Waals surface area (Å²) in [6.07, 6.45) is -3.04. The Balaban J connectivity index is 6.06. The fraction of sp³-hybridized carbons (Fsp3) is 0.727. The third kappa shape index (κ3) is 30.6.